The molecule has 7 aromatic rings. The fourth-order valence-corrected chi connectivity index (χ4v) is 4.86. The van der Waals surface area contributed by atoms with Crippen molar-refractivity contribution in [2.24, 2.45) is 0 Å². The van der Waals surface area contributed by atoms with Crippen molar-refractivity contribution in [3.05, 3.63) is 89.2 Å². The van der Waals surface area contributed by atoms with E-state index in [0.29, 0.717) is 0 Å². The van der Waals surface area contributed by atoms with Crippen LogP contribution in [0.5, 0.6) is 0 Å². The van der Waals surface area contributed by atoms with E-state index in [9.17, 15) is 4.79 Å². The first-order valence-corrected chi connectivity index (χ1v) is 9.43. The maximum absolute atomic E-state index is 13.5. The molecule has 4 aromatic carbocycles. The van der Waals surface area contributed by atoms with E-state index in [1.807, 2.05) is 34.7 Å². The van der Waals surface area contributed by atoms with Gasteiger partial charge in [0.25, 0.3) is 5.56 Å². The smallest absolute Gasteiger partial charge is 0.263 e. The zero-order valence-electron chi connectivity index (χ0n) is 14.9. The average Bonchev–Trinajstić information content (AvgIpc) is 3.26. The van der Waals surface area contributed by atoms with Crippen LogP contribution in [0.15, 0.2) is 83.7 Å². The summed E-state index contributed by atoms with van der Waals surface area (Å²) in [5, 5.41) is 7.46. The van der Waals surface area contributed by atoms with Gasteiger partial charge in [-0.25, -0.2) is 0 Å². The van der Waals surface area contributed by atoms with Crippen LogP contribution in [0.2, 0.25) is 0 Å². The van der Waals surface area contributed by atoms with Crippen molar-refractivity contribution in [3.8, 4) is 0 Å². The highest BCUT2D eigenvalue weighted by Gasteiger charge is 2.18. The van der Waals surface area contributed by atoms with Crippen LogP contribution >= 0.6 is 0 Å². The second-order valence-corrected chi connectivity index (χ2v) is 7.47. The van der Waals surface area contributed by atoms with Crippen LogP contribution in [-0.2, 0) is 0 Å². The molecule has 1 N–H and O–H groups in total. The first kappa shape index (κ1) is 14.2. The van der Waals surface area contributed by atoms with E-state index < -0.39 is 0 Å². The van der Waals surface area contributed by atoms with Gasteiger partial charge >= 0.3 is 0 Å². The van der Waals surface area contributed by atoms with Crippen molar-refractivity contribution < 1.29 is 0 Å². The minimum Gasteiger partial charge on any atom is -0.354 e. The predicted octanol–water partition coefficient (Wildman–Crippen LogP) is 5.83. The topological polar surface area (TPSA) is 37.3 Å². The van der Waals surface area contributed by atoms with Crippen LogP contribution < -0.4 is 5.56 Å². The van der Waals surface area contributed by atoms with Gasteiger partial charge in [0.1, 0.15) is 0 Å². The summed E-state index contributed by atoms with van der Waals surface area (Å²) in [6.07, 6.45) is 0. The molecule has 130 valence electrons. The minimum absolute atomic E-state index is 0.0495. The summed E-state index contributed by atoms with van der Waals surface area (Å²) in [5.74, 6) is 0. The number of nitrogens with one attached hydrogen (secondary N) is 1. The van der Waals surface area contributed by atoms with E-state index in [4.69, 9.17) is 0 Å². The summed E-state index contributed by atoms with van der Waals surface area (Å²) < 4.78 is 1.91. The number of aromatic nitrogens is 2. The van der Waals surface area contributed by atoms with Crippen LogP contribution in [-0.4, -0.2) is 9.38 Å². The lowest BCUT2D eigenvalue weighted by molar-refractivity contribution is 1.21. The summed E-state index contributed by atoms with van der Waals surface area (Å²) in [5.41, 5.74) is 4.25. The summed E-state index contributed by atoms with van der Waals surface area (Å²) in [7, 11) is 0. The van der Waals surface area contributed by atoms with Gasteiger partial charge in [0.15, 0.2) is 0 Å². The number of para-hydroxylation sites is 2. The van der Waals surface area contributed by atoms with E-state index in [2.05, 4.69) is 53.5 Å². The molecule has 3 heterocycles. The van der Waals surface area contributed by atoms with Gasteiger partial charge < -0.3 is 4.98 Å². The highest BCUT2D eigenvalue weighted by molar-refractivity contribution is 6.23. The zero-order valence-corrected chi connectivity index (χ0v) is 14.9. The molecule has 0 aliphatic carbocycles. The highest BCUT2D eigenvalue weighted by atomic mass is 16.1. The lowest BCUT2D eigenvalue weighted by atomic mass is 10.0. The first-order chi connectivity index (χ1) is 13.8. The molecule has 0 atom stereocenters. The average molecular weight is 358 g/mol. The Hall–Kier alpha value is -3.85. The Labute approximate surface area is 158 Å². The lowest BCUT2D eigenvalue weighted by Crippen LogP contribution is -2.12. The zero-order chi connectivity index (χ0) is 18.4. The molecular weight excluding hydrogens is 344 g/mol. The van der Waals surface area contributed by atoms with E-state index >= 15 is 0 Å². The number of pyridine rings is 1. The van der Waals surface area contributed by atoms with Gasteiger partial charge in [0, 0.05) is 43.4 Å². The first-order valence-electron chi connectivity index (χ1n) is 9.43. The Balaban J connectivity index is 1.85. The Bertz CT molecular complexity index is 1790. The number of fused-ring (bicyclic) bond motifs is 8. The molecule has 0 aliphatic heterocycles. The third kappa shape index (κ3) is 1.54. The fraction of sp³-hybridized carbons (Fsp3) is 0. The van der Waals surface area contributed by atoms with Gasteiger partial charge in [-0.1, -0.05) is 54.6 Å². The maximum Gasteiger partial charge on any atom is 0.263 e. The second-order valence-electron chi connectivity index (χ2n) is 7.47. The summed E-state index contributed by atoms with van der Waals surface area (Å²) in [6, 6.07) is 26.9. The van der Waals surface area contributed by atoms with E-state index in [1.54, 1.807) is 0 Å². The maximum atomic E-state index is 13.5. The Morgan fingerprint density at radius 3 is 2.11 bits per heavy atom. The molecule has 0 amide bonds. The van der Waals surface area contributed by atoms with Gasteiger partial charge in [-0.2, -0.15) is 0 Å². The molecule has 3 aromatic heterocycles. The van der Waals surface area contributed by atoms with Gasteiger partial charge in [-0.05, 0) is 29.7 Å². The number of aromatic amines is 1. The van der Waals surface area contributed by atoms with Crippen LogP contribution in [0.4, 0.5) is 0 Å². The molecule has 0 spiro atoms. The molecule has 0 bridgehead atoms. The Morgan fingerprint density at radius 2 is 1.25 bits per heavy atom. The molecule has 0 saturated heterocycles. The quantitative estimate of drug-likeness (QED) is 0.340. The molecule has 3 heteroatoms. The van der Waals surface area contributed by atoms with Gasteiger partial charge in [-0.15, -0.1) is 0 Å². The number of benzene rings is 4. The third-order valence-corrected chi connectivity index (χ3v) is 6.06. The molecule has 0 fully saturated rings. The lowest BCUT2D eigenvalue weighted by Gasteiger charge is -2.05. The van der Waals surface area contributed by atoms with Crippen molar-refractivity contribution in [1.82, 2.24) is 9.38 Å². The van der Waals surface area contributed by atoms with Crippen LogP contribution in [0.1, 0.15) is 0 Å². The molecule has 3 nitrogen and oxygen atoms in total. The Morgan fingerprint density at radius 1 is 0.571 bits per heavy atom. The normalized spacial score (nSPS) is 12.4. The molecule has 0 unspecified atom stereocenters. The minimum atomic E-state index is 0.0495. The van der Waals surface area contributed by atoms with Gasteiger partial charge in [0.2, 0.25) is 0 Å². The number of H-pyrrole nitrogens is 1. The Kier molecular flexibility index (Phi) is 2.39. The molecular formula is C25H14N2O. The van der Waals surface area contributed by atoms with Crippen molar-refractivity contribution in [3.63, 3.8) is 0 Å². The van der Waals surface area contributed by atoms with Gasteiger partial charge in [0.05, 0.1) is 11.0 Å². The molecule has 7 rings (SSSR count). The molecule has 0 saturated carbocycles. The molecule has 0 radical (unpaired) electrons. The van der Waals surface area contributed by atoms with Crippen molar-refractivity contribution >= 4 is 59.8 Å². The van der Waals surface area contributed by atoms with Crippen LogP contribution in [0, 0.1) is 0 Å². The number of hydrogen-bond donors (Lipinski definition) is 1. The van der Waals surface area contributed by atoms with E-state index in [-0.39, 0.29) is 5.56 Å². The number of nitrogens with zero attached hydrogens (tertiary/aromatic N) is 1. The largest absolute Gasteiger partial charge is 0.354 e. The number of hydrogen-bond acceptors (Lipinski definition) is 1. The monoisotopic (exact) mass is 358 g/mol. The number of rotatable bonds is 0. The van der Waals surface area contributed by atoms with Crippen LogP contribution in [0.25, 0.3) is 59.8 Å². The van der Waals surface area contributed by atoms with E-state index in [1.165, 1.54) is 5.39 Å². The van der Waals surface area contributed by atoms with Crippen molar-refractivity contribution in [2.45, 2.75) is 0 Å². The van der Waals surface area contributed by atoms with Crippen molar-refractivity contribution in [1.29, 1.82) is 0 Å². The highest BCUT2D eigenvalue weighted by Crippen LogP contribution is 2.37. The third-order valence-electron chi connectivity index (χ3n) is 6.06. The van der Waals surface area contributed by atoms with Crippen molar-refractivity contribution in [2.75, 3.05) is 0 Å². The summed E-state index contributed by atoms with van der Waals surface area (Å²) >= 11 is 0. The fourth-order valence-electron chi connectivity index (χ4n) is 4.86. The second kappa shape index (κ2) is 4.70. The molecule has 28 heavy (non-hydrogen) atoms. The summed E-state index contributed by atoms with van der Waals surface area (Å²) in [4.78, 5) is 17.0. The molecule has 0 aliphatic rings. The van der Waals surface area contributed by atoms with Gasteiger partial charge in [-0.3, -0.25) is 9.20 Å². The SMILES string of the molecule is O=c1c2ccccc2c2cccc3c4cc5[nH]c6ccccc6c5cc4n1c23. The predicted molar refractivity (Wildman–Crippen MR) is 117 cm³/mol. The summed E-state index contributed by atoms with van der Waals surface area (Å²) in [6.45, 7) is 0. The van der Waals surface area contributed by atoms with Crippen LogP contribution in [0.3, 0.4) is 0 Å². The standard InChI is InChI=1S/C25H14N2O/c28-25-18-8-2-1-6-14(18)16-9-5-10-17-20-12-22-19(13-23(20)27(25)24(16)17)15-7-3-4-11-21(15)26-22/h1-13,26H. The van der Waals surface area contributed by atoms with E-state index in [0.717, 1.165) is 54.4 Å².